The number of nitrogens with zero attached hydrogens (tertiary/aromatic N) is 1. The molecular weight excluding hydrogens is 230 g/mol. The van der Waals surface area contributed by atoms with Crippen LogP contribution in [-0.2, 0) is 6.42 Å². The van der Waals surface area contributed by atoms with Crippen LogP contribution in [-0.4, -0.2) is 54.6 Å². The van der Waals surface area contributed by atoms with Crippen molar-refractivity contribution < 1.29 is 14.9 Å². The fourth-order valence-corrected chi connectivity index (χ4v) is 1.74. The first kappa shape index (κ1) is 15.0. The lowest BCUT2D eigenvalue weighted by Crippen LogP contribution is -2.38. The van der Waals surface area contributed by atoms with Crippen LogP contribution in [0.25, 0.3) is 0 Å². The van der Waals surface area contributed by atoms with E-state index in [4.69, 9.17) is 14.9 Å². The van der Waals surface area contributed by atoms with Gasteiger partial charge in [-0.25, -0.2) is 0 Å². The number of likely N-dealkylation sites (N-methyl/N-ethyl adjacent to an activating group) is 1. The van der Waals surface area contributed by atoms with Gasteiger partial charge in [0, 0.05) is 6.54 Å². The number of ether oxygens (including phenoxy) is 1. The second-order valence-electron chi connectivity index (χ2n) is 4.33. The Morgan fingerprint density at radius 2 is 1.78 bits per heavy atom. The van der Waals surface area contributed by atoms with Crippen LogP contribution in [0.2, 0.25) is 0 Å². The molecule has 0 bridgehead atoms. The molecule has 2 N–H and O–H groups in total. The summed E-state index contributed by atoms with van der Waals surface area (Å²) < 4.78 is 5.38. The standard InChI is InChI=1S/C14H23NO3/c1-3-18-14-6-4-12(5-7-14)8-9-15(2)13(10-16)11-17/h4-7,13,16-17H,3,8-11H2,1-2H3. The van der Waals surface area contributed by atoms with Crippen molar-refractivity contribution in [3.8, 4) is 5.75 Å². The maximum Gasteiger partial charge on any atom is 0.119 e. The molecule has 0 saturated carbocycles. The number of benzene rings is 1. The first-order valence-corrected chi connectivity index (χ1v) is 6.35. The lowest BCUT2D eigenvalue weighted by Gasteiger charge is -2.24. The fraction of sp³-hybridized carbons (Fsp3) is 0.571. The summed E-state index contributed by atoms with van der Waals surface area (Å²) in [5.74, 6) is 0.887. The molecule has 0 aliphatic heterocycles. The van der Waals surface area contributed by atoms with Gasteiger partial charge in [0.2, 0.25) is 0 Å². The summed E-state index contributed by atoms with van der Waals surface area (Å²) in [6.45, 7) is 3.41. The molecular formula is C14H23NO3. The Bertz CT molecular complexity index is 322. The van der Waals surface area contributed by atoms with E-state index in [1.54, 1.807) is 0 Å². The summed E-state index contributed by atoms with van der Waals surface area (Å²) in [5, 5.41) is 18.1. The smallest absolute Gasteiger partial charge is 0.119 e. The second kappa shape index (κ2) is 8.08. The molecule has 1 aromatic carbocycles. The number of aliphatic hydroxyl groups is 2. The van der Waals surface area contributed by atoms with Crippen molar-refractivity contribution >= 4 is 0 Å². The Balaban J connectivity index is 2.43. The van der Waals surface area contributed by atoms with E-state index in [9.17, 15) is 0 Å². The summed E-state index contributed by atoms with van der Waals surface area (Å²) in [7, 11) is 1.91. The monoisotopic (exact) mass is 253 g/mol. The molecule has 0 aliphatic rings. The average Bonchev–Trinajstić information content (AvgIpc) is 2.40. The van der Waals surface area contributed by atoms with Gasteiger partial charge < -0.3 is 14.9 Å². The van der Waals surface area contributed by atoms with E-state index in [1.807, 2.05) is 43.1 Å². The van der Waals surface area contributed by atoms with Gasteiger partial charge in [-0.15, -0.1) is 0 Å². The van der Waals surface area contributed by atoms with Gasteiger partial charge >= 0.3 is 0 Å². The van der Waals surface area contributed by atoms with Crippen LogP contribution in [0.1, 0.15) is 12.5 Å². The highest BCUT2D eigenvalue weighted by Crippen LogP contribution is 2.12. The molecule has 1 aromatic rings. The van der Waals surface area contributed by atoms with Gasteiger partial charge in [-0.1, -0.05) is 12.1 Å². The minimum absolute atomic E-state index is 0.0176. The van der Waals surface area contributed by atoms with E-state index in [2.05, 4.69) is 0 Å². The van der Waals surface area contributed by atoms with Gasteiger partial charge in [-0.2, -0.15) is 0 Å². The normalized spacial score (nSPS) is 11.2. The van der Waals surface area contributed by atoms with E-state index in [0.29, 0.717) is 6.61 Å². The third-order valence-electron chi connectivity index (χ3n) is 3.03. The van der Waals surface area contributed by atoms with Gasteiger partial charge in [-0.3, -0.25) is 4.90 Å². The van der Waals surface area contributed by atoms with Crippen LogP contribution in [0.5, 0.6) is 5.75 Å². The maximum atomic E-state index is 9.07. The van der Waals surface area contributed by atoms with Gasteiger partial charge in [0.25, 0.3) is 0 Å². The highest BCUT2D eigenvalue weighted by Gasteiger charge is 2.11. The Kier molecular flexibility index (Phi) is 6.72. The minimum atomic E-state index is -0.173. The zero-order chi connectivity index (χ0) is 13.4. The number of hydrogen-bond donors (Lipinski definition) is 2. The van der Waals surface area contributed by atoms with E-state index < -0.39 is 0 Å². The quantitative estimate of drug-likeness (QED) is 0.723. The van der Waals surface area contributed by atoms with E-state index in [0.717, 1.165) is 18.7 Å². The van der Waals surface area contributed by atoms with Crippen LogP contribution in [0.3, 0.4) is 0 Å². The van der Waals surface area contributed by atoms with E-state index in [1.165, 1.54) is 5.56 Å². The number of rotatable bonds is 8. The second-order valence-corrected chi connectivity index (χ2v) is 4.33. The molecule has 0 spiro atoms. The zero-order valence-electron chi connectivity index (χ0n) is 11.2. The molecule has 0 aliphatic carbocycles. The summed E-state index contributed by atoms with van der Waals surface area (Å²) >= 11 is 0. The fourth-order valence-electron chi connectivity index (χ4n) is 1.74. The molecule has 4 nitrogen and oxygen atoms in total. The van der Waals surface area contributed by atoms with Crippen molar-refractivity contribution in [3.63, 3.8) is 0 Å². The van der Waals surface area contributed by atoms with Crippen LogP contribution < -0.4 is 4.74 Å². The maximum absolute atomic E-state index is 9.07. The Morgan fingerprint density at radius 1 is 1.17 bits per heavy atom. The molecule has 0 amide bonds. The SMILES string of the molecule is CCOc1ccc(CCN(C)C(CO)CO)cc1. The molecule has 0 unspecified atom stereocenters. The van der Waals surface area contributed by atoms with Crippen molar-refractivity contribution in [1.82, 2.24) is 4.90 Å². The van der Waals surface area contributed by atoms with Crippen LogP contribution >= 0.6 is 0 Å². The van der Waals surface area contributed by atoms with Crippen molar-refractivity contribution in [2.45, 2.75) is 19.4 Å². The van der Waals surface area contributed by atoms with Gasteiger partial charge in [-0.05, 0) is 38.1 Å². The van der Waals surface area contributed by atoms with Gasteiger partial charge in [0.15, 0.2) is 0 Å². The Hall–Kier alpha value is -1.10. The predicted molar refractivity (Wildman–Crippen MR) is 71.9 cm³/mol. The lowest BCUT2D eigenvalue weighted by molar-refractivity contribution is 0.0925. The van der Waals surface area contributed by atoms with Gasteiger partial charge in [0.05, 0.1) is 25.9 Å². The largest absolute Gasteiger partial charge is 0.494 e. The topological polar surface area (TPSA) is 52.9 Å². The molecule has 18 heavy (non-hydrogen) atoms. The summed E-state index contributed by atoms with van der Waals surface area (Å²) in [4.78, 5) is 1.97. The summed E-state index contributed by atoms with van der Waals surface area (Å²) in [5.41, 5.74) is 1.22. The first-order valence-electron chi connectivity index (χ1n) is 6.35. The summed E-state index contributed by atoms with van der Waals surface area (Å²) in [6, 6.07) is 7.85. The van der Waals surface area contributed by atoms with Crippen LogP contribution in [0.4, 0.5) is 0 Å². The van der Waals surface area contributed by atoms with Gasteiger partial charge in [0.1, 0.15) is 5.75 Å². The van der Waals surface area contributed by atoms with E-state index in [-0.39, 0.29) is 19.3 Å². The van der Waals surface area contributed by atoms with Crippen molar-refractivity contribution in [2.75, 3.05) is 33.4 Å². The van der Waals surface area contributed by atoms with Crippen LogP contribution in [0, 0.1) is 0 Å². The Labute approximate surface area is 109 Å². The zero-order valence-corrected chi connectivity index (χ0v) is 11.2. The summed E-state index contributed by atoms with van der Waals surface area (Å²) in [6.07, 6.45) is 0.888. The molecule has 0 radical (unpaired) electrons. The molecule has 0 atom stereocenters. The lowest BCUT2D eigenvalue weighted by atomic mass is 10.1. The number of hydrogen-bond acceptors (Lipinski definition) is 4. The number of aliphatic hydroxyl groups excluding tert-OH is 2. The highest BCUT2D eigenvalue weighted by molar-refractivity contribution is 5.27. The van der Waals surface area contributed by atoms with Crippen molar-refractivity contribution in [2.24, 2.45) is 0 Å². The molecule has 1 rings (SSSR count). The first-order chi connectivity index (χ1) is 8.71. The van der Waals surface area contributed by atoms with E-state index >= 15 is 0 Å². The Morgan fingerprint density at radius 3 is 2.28 bits per heavy atom. The third kappa shape index (κ3) is 4.64. The molecule has 0 saturated heterocycles. The molecule has 102 valence electrons. The highest BCUT2D eigenvalue weighted by atomic mass is 16.5. The molecule has 4 heteroatoms. The molecule has 0 heterocycles. The van der Waals surface area contributed by atoms with Crippen molar-refractivity contribution in [1.29, 1.82) is 0 Å². The average molecular weight is 253 g/mol. The predicted octanol–water partition coefficient (Wildman–Crippen LogP) is 0.913. The van der Waals surface area contributed by atoms with Crippen LogP contribution in [0.15, 0.2) is 24.3 Å². The molecule has 0 fully saturated rings. The third-order valence-corrected chi connectivity index (χ3v) is 3.03. The minimum Gasteiger partial charge on any atom is -0.494 e. The molecule has 0 aromatic heterocycles. The van der Waals surface area contributed by atoms with Crippen molar-refractivity contribution in [3.05, 3.63) is 29.8 Å².